The van der Waals surface area contributed by atoms with Gasteiger partial charge in [-0.25, -0.2) is 0 Å². The monoisotopic (exact) mass is 378 g/mol. The molecule has 0 spiro atoms. The van der Waals surface area contributed by atoms with Crippen LogP contribution in [0, 0.1) is 0 Å². The van der Waals surface area contributed by atoms with Crippen molar-refractivity contribution in [2.45, 2.75) is 70.0 Å². The summed E-state index contributed by atoms with van der Waals surface area (Å²) < 4.78 is 30.8. The third-order valence-electron chi connectivity index (χ3n) is 4.59. The van der Waals surface area contributed by atoms with Crippen molar-refractivity contribution in [3.8, 4) is 0 Å². The van der Waals surface area contributed by atoms with Crippen molar-refractivity contribution < 1.29 is 23.4 Å². The maximum Gasteiger partial charge on any atom is 0.191 e. The summed E-state index contributed by atoms with van der Waals surface area (Å²) in [5.41, 5.74) is 1.10. The van der Waals surface area contributed by atoms with Gasteiger partial charge in [-0.1, -0.05) is 36.4 Å². The Labute approximate surface area is 157 Å². The molecule has 0 aromatic heterocycles. The summed E-state index contributed by atoms with van der Waals surface area (Å²) in [6.07, 6.45) is 0.783. The van der Waals surface area contributed by atoms with Crippen LogP contribution in [0.25, 0.3) is 0 Å². The summed E-state index contributed by atoms with van der Waals surface area (Å²) in [7, 11) is -1.96. The second kappa shape index (κ2) is 7.92. The van der Waals surface area contributed by atoms with Gasteiger partial charge in [-0.3, -0.25) is 0 Å². The minimum atomic E-state index is -1.96. The van der Waals surface area contributed by atoms with Crippen LogP contribution in [0.4, 0.5) is 0 Å². The Hall–Kier alpha value is -1.02. The molecule has 4 atom stereocenters. The lowest BCUT2D eigenvalue weighted by molar-refractivity contribution is -0.250. The molecule has 0 amide bonds. The summed E-state index contributed by atoms with van der Waals surface area (Å²) in [4.78, 5) is 0. The molecule has 0 radical (unpaired) electrons. The van der Waals surface area contributed by atoms with Gasteiger partial charge in [-0.15, -0.1) is 6.58 Å². The van der Waals surface area contributed by atoms with Crippen LogP contribution in [-0.4, -0.2) is 45.3 Å². The topological polar surface area (TPSA) is 46.2 Å². The van der Waals surface area contributed by atoms with E-state index in [2.05, 4.69) is 19.7 Å². The van der Waals surface area contributed by atoms with Crippen molar-refractivity contribution in [3.63, 3.8) is 0 Å². The van der Waals surface area contributed by atoms with Gasteiger partial charge in [0.15, 0.2) is 20.4 Å². The van der Waals surface area contributed by atoms with E-state index in [1.807, 2.05) is 50.3 Å². The fourth-order valence-electron chi connectivity index (χ4n) is 3.49. The van der Waals surface area contributed by atoms with Crippen LogP contribution in [-0.2, 0) is 30.0 Å². The largest absolute Gasteiger partial charge is 0.406 e. The minimum absolute atomic E-state index is 0.139. The SMILES string of the molecule is C=CC[Si](C)(C)O[C@H]1[C@@H](OCc2ccccc2)OC[C@@H]2OC(C)(C)O[C@H]12. The first-order valence-electron chi connectivity index (χ1n) is 9.21. The first-order chi connectivity index (χ1) is 12.3. The van der Waals surface area contributed by atoms with Gasteiger partial charge in [0.1, 0.15) is 18.3 Å². The molecule has 0 N–H and O–H groups in total. The quantitative estimate of drug-likeness (QED) is 0.533. The van der Waals surface area contributed by atoms with Gasteiger partial charge in [0.05, 0.1) is 13.2 Å². The molecule has 6 heteroatoms. The average Bonchev–Trinajstić information content (AvgIpc) is 2.89. The normalized spacial score (nSPS) is 30.8. The minimum Gasteiger partial charge on any atom is -0.406 e. The molecule has 0 bridgehead atoms. The molecule has 2 heterocycles. The van der Waals surface area contributed by atoms with Crippen LogP contribution < -0.4 is 0 Å². The summed E-state index contributed by atoms with van der Waals surface area (Å²) in [5, 5.41) is 0. The molecule has 26 heavy (non-hydrogen) atoms. The van der Waals surface area contributed by atoms with Crippen molar-refractivity contribution >= 4 is 8.32 Å². The highest BCUT2D eigenvalue weighted by molar-refractivity contribution is 6.71. The maximum absolute atomic E-state index is 6.54. The van der Waals surface area contributed by atoms with Crippen LogP contribution >= 0.6 is 0 Å². The third-order valence-corrected chi connectivity index (χ3v) is 6.77. The number of allylic oxidation sites excluding steroid dienone is 1. The lowest BCUT2D eigenvalue weighted by Gasteiger charge is -2.41. The molecule has 0 saturated carbocycles. The number of rotatable bonds is 7. The molecule has 144 valence electrons. The van der Waals surface area contributed by atoms with Crippen LogP contribution in [0.1, 0.15) is 19.4 Å². The Balaban J connectivity index is 1.74. The molecule has 2 saturated heterocycles. The predicted molar refractivity (Wildman–Crippen MR) is 102 cm³/mol. The molecule has 2 fully saturated rings. The van der Waals surface area contributed by atoms with Gasteiger partial charge >= 0.3 is 0 Å². The van der Waals surface area contributed by atoms with Crippen molar-refractivity contribution in [3.05, 3.63) is 48.6 Å². The fraction of sp³-hybridized carbons (Fsp3) is 0.600. The molecular weight excluding hydrogens is 348 g/mol. The van der Waals surface area contributed by atoms with Crippen LogP contribution in [0.2, 0.25) is 19.1 Å². The van der Waals surface area contributed by atoms with Crippen LogP contribution in [0.3, 0.4) is 0 Å². The van der Waals surface area contributed by atoms with Gasteiger partial charge in [0, 0.05) is 0 Å². The fourth-order valence-corrected chi connectivity index (χ4v) is 5.27. The van der Waals surface area contributed by atoms with Crippen molar-refractivity contribution in [2.75, 3.05) is 6.61 Å². The van der Waals surface area contributed by atoms with E-state index < -0.39 is 20.4 Å². The first-order valence-corrected chi connectivity index (χ1v) is 12.3. The van der Waals surface area contributed by atoms with E-state index in [4.69, 9.17) is 23.4 Å². The highest BCUT2D eigenvalue weighted by atomic mass is 28.4. The number of hydrogen-bond donors (Lipinski definition) is 0. The number of benzene rings is 1. The van der Waals surface area contributed by atoms with Gasteiger partial charge in [0.25, 0.3) is 0 Å². The Morgan fingerprint density at radius 3 is 2.65 bits per heavy atom. The molecule has 2 aliphatic heterocycles. The summed E-state index contributed by atoms with van der Waals surface area (Å²) >= 11 is 0. The molecule has 2 aliphatic rings. The Kier molecular flexibility index (Phi) is 6.01. The number of fused-ring (bicyclic) bond motifs is 1. The highest BCUT2D eigenvalue weighted by Gasteiger charge is 2.53. The van der Waals surface area contributed by atoms with Crippen molar-refractivity contribution in [1.82, 2.24) is 0 Å². The lowest BCUT2D eigenvalue weighted by Crippen LogP contribution is -2.57. The van der Waals surface area contributed by atoms with E-state index in [1.165, 1.54) is 0 Å². The smallest absolute Gasteiger partial charge is 0.191 e. The molecule has 0 unspecified atom stereocenters. The van der Waals surface area contributed by atoms with E-state index in [0.717, 1.165) is 11.6 Å². The zero-order valence-corrected chi connectivity index (χ0v) is 17.1. The Bertz CT molecular complexity index is 603. The Morgan fingerprint density at radius 2 is 1.96 bits per heavy atom. The van der Waals surface area contributed by atoms with Gasteiger partial charge in [-0.05, 0) is 38.5 Å². The van der Waals surface area contributed by atoms with E-state index >= 15 is 0 Å². The van der Waals surface area contributed by atoms with Crippen LogP contribution in [0.5, 0.6) is 0 Å². The number of ether oxygens (including phenoxy) is 4. The molecule has 5 nitrogen and oxygen atoms in total. The molecule has 0 aliphatic carbocycles. The third kappa shape index (κ3) is 4.82. The van der Waals surface area contributed by atoms with Crippen molar-refractivity contribution in [2.24, 2.45) is 0 Å². The number of hydrogen-bond acceptors (Lipinski definition) is 5. The molecule has 1 aromatic rings. The van der Waals surface area contributed by atoms with Gasteiger partial charge in [-0.2, -0.15) is 0 Å². The molecule has 3 rings (SSSR count). The summed E-state index contributed by atoms with van der Waals surface area (Å²) in [6.45, 7) is 13.0. The lowest BCUT2D eigenvalue weighted by atomic mass is 10.1. The zero-order valence-electron chi connectivity index (χ0n) is 16.1. The second-order valence-corrected chi connectivity index (χ2v) is 12.1. The summed E-state index contributed by atoms with van der Waals surface area (Å²) in [6, 6.07) is 10.9. The first kappa shape index (κ1) is 19.7. The zero-order chi connectivity index (χ0) is 18.8. The predicted octanol–water partition coefficient (Wildman–Crippen LogP) is 3.86. The maximum atomic E-state index is 6.54. The van der Waals surface area contributed by atoms with E-state index in [-0.39, 0.29) is 18.3 Å². The average molecular weight is 379 g/mol. The second-order valence-electron chi connectivity index (χ2n) is 7.97. The molecular formula is C20H30O5Si. The van der Waals surface area contributed by atoms with E-state index in [9.17, 15) is 0 Å². The van der Waals surface area contributed by atoms with Crippen LogP contribution in [0.15, 0.2) is 43.0 Å². The Morgan fingerprint density at radius 1 is 1.23 bits per heavy atom. The van der Waals surface area contributed by atoms with Gasteiger partial charge in [0.2, 0.25) is 0 Å². The summed E-state index contributed by atoms with van der Waals surface area (Å²) in [5.74, 6) is -0.640. The highest BCUT2D eigenvalue weighted by Crippen LogP contribution is 2.37. The van der Waals surface area contributed by atoms with E-state index in [1.54, 1.807) is 0 Å². The standard InChI is InChI=1S/C20H30O5Si/c1-6-12-26(4,5)25-18-17-16(23-20(2,3)24-17)14-22-19(18)21-13-15-10-8-7-9-11-15/h6-11,16-19H,1,12-14H2,2-5H3/t16-,17-,18+,19-/m0/s1. The van der Waals surface area contributed by atoms with Gasteiger partial charge < -0.3 is 23.4 Å². The van der Waals surface area contributed by atoms with Crippen molar-refractivity contribution in [1.29, 1.82) is 0 Å². The molecule has 1 aromatic carbocycles. The van der Waals surface area contributed by atoms with E-state index in [0.29, 0.717) is 13.2 Å².